The lowest BCUT2D eigenvalue weighted by atomic mass is 10.1. The quantitative estimate of drug-likeness (QED) is 0.631. The van der Waals surface area contributed by atoms with Crippen molar-refractivity contribution in [2.24, 2.45) is 0 Å². The molecule has 1 aromatic carbocycles. The maximum atomic E-state index is 13.3. The molecular weight excluding hydrogens is 225 g/mol. The predicted molar refractivity (Wildman–Crippen MR) is 61.4 cm³/mol. The first-order valence-electron chi connectivity index (χ1n) is 5.48. The second-order valence-electron chi connectivity index (χ2n) is 3.73. The summed E-state index contributed by atoms with van der Waals surface area (Å²) in [5, 5.41) is 20.3. The molecule has 0 unspecified atom stereocenters. The summed E-state index contributed by atoms with van der Waals surface area (Å²) in [6.07, 6.45) is 1.59. The number of hydrogen-bond donors (Lipinski definition) is 3. The summed E-state index contributed by atoms with van der Waals surface area (Å²) < 4.78 is 13.3. The van der Waals surface area contributed by atoms with Crippen molar-refractivity contribution in [3.63, 3.8) is 0 Å². The molecule has 1 aromatic rings. The lowest BCUT2D eigenvalue weighted by Gasteiger charge is -2.05. The Balaban J connectivity index is 2.45. The smallest absolute Gasteiger partial charge is 0.338 e. The lowest BCUT2D eigenvalue weighted by Crippen LogP contribution is -2.15. The fraction of sp³-hybridized carbons (Fsp3) is 0.417. The van der Waals surface area contributed by atoms with Gasteiger partial charge in [-0.1, -0.05) is 6.07 Å². The largest absolute Gasteiger partial charge is 0.478 e. The maximum Gasteiger partial charge on any atom is 0.338 e. The van der Waals surface area contributed by atoms with E-state index in [0.717, 1.165) is 19.4 Å². The van der Waals surface area contributed by atoms with Crippen molar-refractivity contribution in [3.8, 4) is 0 Å². The van der Waals surface area contributed by atoms with Crippen molar-refractivity contribution in [2.75, 3.05) is 13.2 Å². The molecule has 0 amide bonds. The van der Waals surface area contributed by atoms with E-state index in [4.69, 9.17) is 10.2 Å². The summed E-state index contributed by atoms with van der Waals surface area (Å²) in [5.74, 6) is -1.97. The molecule has 0 saturated heterocycles. The Morgan fingerprint density at radius 3 is 2.71 bits per heavy atom. The van der Waals surface area contributed by atoms with E-state index in [2.05, 4.69) is 5.32 Å². The third kappa shape index (κ3) is 4.50. The number of hydrogen-bond acceptors (Lipinski definition) is 3. The third-order valence-electron chi connectivity index (χ3n) is 2.35. The van der Waals surface area contributed by atoms with Gasteiger partial charge in [-0.05, 0) is 37.1 Å². The standard InChI is InChI=1S/C12H16FNO3/c13-11-7-9(3-4-10(11)12(16)17)8-14-5-1-2-6-15/h3-4,7,14-15H,1-2,5-6,8H2,(H,16,17). The van der Waals surface area contributed by atoms with Crippen molar-refractivity contribution in [1.29, 1.82) is 0 Å². The Labute approximate surface area is 99.1 Å². The van der Waals surface area contributed by atoms with E-state index in [1.165, 1.54) is 12.1 Å². The number of carboxylic acids is 1. The molecule has 3 N–H and O–H groups in total. The molecule has 0 aliphatic carbocycles. The minimum Gasteiger partial charge on any atom is -0.478 e. The number of unbranched alkanes of at least 4 members (excludes halogenated alkanes) is 1. The molecule has 0 fully saturated rings. The van der Waals surface area contributed by atoms with Crippen LogP contribution < -0.4 is 5.32 Å². The monoisotopic (exact) mass is 241 g/mol. The van der Waals surface area contributed by atoms with E-state index in [9.17, 15) is 9.18 Å². The highest BCUT2D eigenvalue weighted by Gasteiger charge is 2.09. The summed E-state index contributed by atoms with van der Waals surface area (Å²) >= 11 is 0. The first-order chi connectivity index (χ1) is 8.15. The zero-order valence-corrected chi connectivity index (χ0v) is 9.45. The van der Waals surface area contributed by atoms with Gasteiger partial charge in [0.2, 0.25) is 0 Å². The van der Waals surface area contributed by atoms with Crippen LogP contribution in [0.15, 0.2) is 18.2 Å². The van der Waals surface area contributed by atoms with Crippen LogP contribution in [0.3, 0.4) is 0 Å². The van der Waals surface area contributed by atoms with Crippen molar-refractivity contribution in [2.45, 2.75) is 19.4 Å². The summed E-state index contributed by atoms with van der Waals surface area (Å²) in [5.41, 5.74) is 0.394. The van der Waals surface area contributed by atoms with E-state index in [-0.39, 0.29) is 12.2 Å². The maximum absolute atomic E-state index is 13.3. The van der Waals surface area contributed by atoms with Gasteiger partial charge < -0.3 is 15.5 Å². The zero-order chi connectivity index (χ0) is 12.7. The molecule has 5 heteroatoms. The minimum atomic E-state index is -1.26. The molecule has 0 heterocycles. The second-order valence-corrected chi connectivity index (χ2v) is 3.73. The van der Waals surface area contributed by atoms with Gasteiger partial charge in [-0.3, -0.25) is 0 Å². The number of benzene rings is 1. The molecule has 0 atom stereocenters. The van der Waals surface area contributed by atoms with E-state index in [1.807, 2.05) is 0 Å². The van der Waals surface area contributed by atoms with Crippen molar-refractivity contribution >= 4 is 5.97 Å². The molecule has 17 heavy (non-hydrogen) atoms. The number of carbonyl (C=O) groups is 1. The first kappa shape index (κ1) is 13.6. The highest BCUT2D eigenvalue weighted by atomic mass is 19.1. The number of aromatic carboxylic acids is 1. The van der Waals surface area contributed by atoms with E-state index < -0.39 is 11.8 Å². The summed E-state index contributed by atoms with van der Waals surface area (Å²) in [6, 6.07) is 4.08. The van der Waals surface area contributed by atoms with Crippen molar-refractivity contribution < 1.29 is 19.4 Å². The Kier molecular flexibility index (Phi) is 5.59. The number of aliphatic hydroxyl groups is 1. The third-order valence-corrected chi connectivity index (χ3v) is 2.35. The van der Waals surface area contributed by atoms with Crippen LogP contribution in [0.2, 0.25) is 0 Å². The van der Waals surface area contributed by atoms with E-state index in [1.54, 1.807) is 6.07 Å². The topological polar surface area (TPSA) is 69.6 Å². The Bertz CT molecular complexity index is 382. The van der Waals surface area contributed by atoms with Crippen LogP contribution in [0.1, 0.15) is 28.8 Å². The van der Waals surface area contributed by atoms with Gasteiger partial charge >= 0.3 is 5.97 Å². The predicted octanol–water partition coefficient (Wildman–Crippen LogP) is 1.39. The van der Waals surface area contributed by atoms with Gasteiger partial charge in [0.15, 0.2) is 0 Å². The van der Waals surface area contributed by atoms with Gasteiger partial charge in [-0.2, -0.15) is 0 Å². The van der Waals surface area contributed by atoms with E-state index >= 15 is 0 Å². The Morgan fingerprint density at radius 2 is 2.12 bits per heavy atom. The van der Waals surface area contributed by atoms with Crippen LogP contribution in [0, 0.1) is 5.82 Å². The molecule has 1 rings (SSSR count). The molecule has 0 saturated carbocycles. The van der Waals surface area contributed by atoms with Gasteiger partial charge in [-0.25, -0.2) is 9.18 Å². The number of rotatable bonds is 7. The van der Waals surface area contributed by atoms with Crippen molar-refractivity contribution in [1.82, 2.24) is 5.32 Å². The van der Waals surface area contributed by atoms with Crippen molar-refractivity contribution in [3.05, 3.63) is 35.1 Å². The van der Waals surface area contributed by atoms with Gasteiger partial charge in [0, 0.05) is 13.2 Å². The molecule has 0 aliphatic heterocycles. The van der Waals surface area contributed by atoms with Gasteiger partial charge in [-0.15, -0.1) is 0 Å². The molecule has 0 aliphatic rings. The van der Waals surface area contributed by atoms with Crippen LogP contribution in [0.4, 0.5) is 4.39 Å². The average Bonchev–Trinajstić information content (AvgIpc) is 2.28. The highest BCUT2D eigenvalue weighted by molar-refractivity contribution is 5.87. The fourth-order valence-corrected chi connectivity index (χ4v) is 1.44. The van der Waals surface area contributed by atoms with Crippen LogP contribution in [0.25, 0.3) is 0 Å². The lowest BCUT2D eigenvalue weighted by molar-refractivity contribution is 0.0692. The number of nitrogens with one attached hydrogen (secondary N) is 1. The minimum absolute atomic E-state index is 0.170. The second kappa shape index (κ2) is 6.98. The average molecular weight is 241 g/mol. The van der Waals surface area contributed by atoms with Crippen LogP contribution in [-0.4, -0.2) is 29.3 Å². The molecule has 94 valence electrons. The Morgan fingerprint density at radius 1 is 1.35 bits per heavy atom. The molecule has 4 nitrogen and oxygen atoms in total. The molecule has 0 radical (unpaired) electrons. The summed E-state index contributed by atoms with van der Waals surface area (Å²) in [6.45, 7) is 1.40. The summed E-state index contributed by atoms with van der Waals surface area (Å²) in [4.78, 5) is 10.6. The molecule has 0 spiro atoms. The van der Waals surface area contributed by atoms with Gasteiger partial charge in [0.25, 0.3) is 0 Å². The van der Waals surface area contributed by atoms with E-state index in [0.29, 0.717) is 12.1 Å². The summed E-state index contributed by atoms with van der Waals surface area (Å²) in [7, 11) is 0. The van der Waals surface area contributed by atoms with Crippen LogP contribution >= 0.6 is 0 Å². The van der Waals surface area contributed by atoms with Gasteiger partial charge in [0.1, 0.15) is 5.82 Å². The SMILES string of the molecule is O=C(O)c1ccc(CNCCCCO)cc1F. The normalized spacial score (nSPS) is 10.5. The van der Waals surface area contributed by atoms with Crippen LogP contribution in [0.5, 0.6) is 0 Å². The Hall–Kier alpha value is -1.46. The molecular formula is C12H16FNO3. The van der Waals surface area contributed by atoms with Gasteiger partial charge in [0.05, 0.1) is 5.56 Å². The number of aliphatic hydroxyl groups excluding tert-OH is 1. The zero-order valence-electron chi connectivity index (χ0n) is 9.45. The molecule has 0 bridgehead atoms. The number of halogens is 1. The fourth-order valence-electron chi connectivity index (χ4n) is 1.44. The van der Waals surface area contributed by atoms with Crippen LogP contribution in [-0.2, 0) is 6.54 Å². The number of carboxylic acid groups (broad SMARTS) is 1. The molecule has 0 aromatic heterocycles. The highest BCUT2D eigenvalue weighted by Crippen LogP contribution is 2.10. The first-order valence-corrected chi connectivity index (χ1v) is 5.48.